The number of hydrogen-bond acceptors (Lipinski definition) is 7. The number of aromatic hydroxyl groups is 1. The molecule has 8 nitrogen and oxygen atoms in total. The van der Waals surface area contributed by atoms with Gasteiger partial charge in [-0.05, 0) is 36.2 Å². The first-order chi connectivity index (χ1) is 14.5. The van der Waals surface area contributed by atoms with E-state index in [0.717, 1.165) is 5.56 Å². The van der Waals surface area contributed by atoms with Gasteiger partial charge in [0.15, 0.2) is 11.5 Å². The van der Waals surface area contributed by atoms with Crippen LogP contribution in [-0.4, -0.2) is 36.4 Å². The Labute approximate surface area is 171 Å². The van der Waals surface area contributed by atoms with Crippen molar-refractivity contribution in [3.63, 3.8) is 0 Å². The zero-order valence-electron chi connectivity index (χ0n) is 16.9. The number of aromatic amines is 1. The SMILES string of the molecule is COc1cc(-c2c(-c3ccc(C)c(O)c3)oc3[nH]c(=O)ncc23)cc(OC)c1OC. The Balaban J connectivity index is 2.07. The smallest absolute Gasteiger partial charge is 0.347 e. The number of ether oxygens (including phenoxy) is 3. The van der Waals surface area contributed by atoms with Crippen LogP contribution in [-0.2, 0) is 0 Å². The fraction of sp³-hybridized carbons (Fsp3) is 0.182. The van der Waals surface area contributed by atoms with Crippen molar-refractivity contribution in [2.45, 2.75) is 6.92 Å². The van der Waals surface area contributed by atoms with Crippen LogP contribution in [0.2, 0.25) is 0 Å². The van der Waals surface area contributed by atoms with Gasteiger partial charge < -0.3 is 23.7 Å². The summed E-state index contributed by atoms with van der Waals surface area (Å²) >= 11 is 0. The highest BCUT2D eigenvalue weighted by Crippen LogP contribution is 2.46. The number of benzene rings is 2. The van der Waals surface area contributed by atoms with Gasteiger partial charge in [0, 0.05) is 17.3 Å². The molecule has 0 saturated heterocycles. The molecule has 0 atom stereocenters. The van der Waals surface area contributed by atoms with Crippen LogP contribution >= 0.6 is 0 Å². The van der Waals surface area contributed by atoms with E-state index in [1.807, 2.05) is 6.07 Å². The summed E-state index contributed by atoms with van der Waals surface area (Å²) < 4.78 is 22.4. The van der Waals surface area contributed by atoms with Crippen LogP contribution in [0.25, 0.3) is 33.6 Å². The molecule has 0 saturated carbocycles. The van der Waals surface area contributed by atoms with Crippen LogP contribution in [0.3, 0.4) is 0 Å². The molecule has 0 amide bonds. The van der Waals surface area contributed by atoms with Gasteiger partial charge in [-0.2, -0.15) is 0 Å². The lowest BCUT2D eigenvalue weighted by Gasteiger charge is -2.14. The number of aromatic nitrogens is 2. The Morgan fingerprint density at radius 2 is 1.70 bits per heavy atom. The number of phenolic OH excluding ortho intramolecular Hbond substituents is 1. The highest BCUT2D eigenvalue weighted by Gasteiger charge is 2.23. The third-order valence-electron chi connectivity index (χ3n) is 4.90. The second kappa shape index (κ2) is 7.47. The molecule has 0 aliphatic carbocycles. The van der Waals surface area contributed by atoms with Crippen LogP contribution in [0.15, 0.2) is 45.7 Å². The van der Waals surface area contributed by atoms with Crippen molar-refractivity contribution in [2.24, 2.45) is 0 Å². The Morgan fingerprint density at radius 1 is 1.00 bits per heavy atom. The molecule has 0 aliphatic heterocycles. The maximum absolute atomic E-state index is 11.7. The predicted octanol–water partition coefficient (Wildman–Crippen LogP) is 3.89. The molecular formula is C22H20N2O6. The molecule has 0 spiro atoms. The van der Waals surface area contributed by atoms with Crippen molar-refractivity contribution in [3.8, 4) is 45.4 Å². The molecule has 0 radical (unpaired) electrons. The molecule has 2 N–H and O–H groups in total. The largest absolute Gasteiger partial charge is 0.508 e. The summed E-state index contributed by atoms with van der Waals surface area (Å²) in [5.41, 5.74) is 2.49. The monoisotopic (exact) mass is 408 g/mol. The third-order valence-corrected chi connectivity index (χ3v) is 4.90. The second-order valence-electron chi connectivity index (χ2n) is 6.65. The molecule has 0 aliphatic rings. The zero-order chi connectivity index (χ0) is 21.4. The summed E-state index contributed by atoms with van der Waals surface area (Å²) in [4.78, 5) is 18.2. The number of phenols is 1. The minimum Gasteiger partial charge on any atom is -0.508 e. The molecule has 4 aromatic rings. The predicted molar refractivity (Wildman–Crippen MR) is 112 cm³/mol. The maximum atomic E-state index is 11.7. The van der Waals surface area contributed by atoms with E-state index in [2.05, 4.69) is 9.97 Å². The van der Waals surface area contributed by atoms with E-state index >= 15 is 0 Å². The molecule has 30 heavy (non-hydrogen) atoms. The van der Waals surface area contributed by atoms with Crippen molar-refractivity contribution < 1.29 is 23.7 Å². The highest BCUT2D eigenvalue weighted by molar-refractivity contribution is 6.00. The van der Waals surface area contributed by atoms with E-state index in [9.17, 15) is 9.90 Å². The van der Waals surface area contributed by atoms with Crippen LogP contribution in [0.5, 0.6) is 23.0 Å². The van der Waals surface area contributed by atoms with Gasteiger partial charge in [0.1, 0.15) is 11.5 Å². The average molecular weight is 408 g/mol. The van der Waals surface area contributed by atoms with Gasteiger partial charge in [-0.25, -0.2) is 9.78 Å². The first-order valence-electron chi connectivity index (χ1n) is 9.09. The summed E-state index contributed by atoms with van der Waals surface area (Å²) in [7, 11) is 4.60. The minimum absolute atomic E-state index is 0.135. The highest BCUT2D eigenvalue weighted by atomic mass is 16.5. The van der Waals surface area contributed by atoms with Gasteiger partial charge in [0.2, 0.25) is 11.5 Å². The third kappa shape index (κ3) is 3.12. The molecule has 154 valence electrons. The molecule has 0 fully saturated rings. The first kappa shape index (κ1) is 19.4. The zero-order valence-corrected chi connectivity index (χ0v) is 16.9. The minimum atomic E-state index is -0.522. The van der Waals surface area contributed by atoms with Crippen LogP contribution in [0, 0.1) is 6.92 Å². The maximum Gasteiger partial charge on any atom is 0.347 e. The van der Waals surface area contributed by atoms with Crippen molar-refractivity contribution in [1.29, 1.82) is 0 Å². The number of H-pyrrole nitrogens is 1. The lowest BCUT2D eigenvalue weighted by molar-refractivity contribution is 0.324. The number of nitrogens with one attached hydrogen (secondary N) is 1. The number of furan rings is 1. The molecule has 0 bridgehead atoms. The van der Waals surface area contributed by atoms with Gasteiger partial charge >= 0.3 is 5.69 Å². The van der Waals surface area contributed by atoms with E-state index in [-0.39, 0.29) is 11.5 Å². The fourth-order valence-corrected chi connectivity index (χ4v) is 3.38. The average Bonchev–Trinajstić information content (AvgIpc) is 3.12. The Kier molecular flexibility index (Phi) is 4.83. The van der Waals surface area contributed by atoms with Gasteiger partial charge in [-0.3, -0.25) is 4.98 Å². The summed E-state index contributed by atoms with van der Waals surface area (Å²) in [6, 6.07) is 8.81. The quantitative estimate of drug-likeness (QED) is 0.516. The number of fused-ring (bicyclic) bond motifs is 1. The summed E-state index contributed by atoms with van der Waals surface area (Å²) in [5.74, 6) is 1.99. The lowest BCUT2D eigenvalue weighted by Crippen LogP contribution is -2.07. The second-order valence-corrected chi connectivity index (χ2v) is 6.65. The van der Waals surface area contributed by atoms with Crippen LogP contribution < -0.4 is 19.9 Å². The van der Waals surface area contributed by atoms with Crippen molar-refractivity contribution in [3.05, 3.63) is 52.6 Å². The summed E-state index contributed by atoms with van der Waals surface area (Å²) in [6.07, 6.45) is 1.45. The molecule has 0 unspecified atom stereocenters. The number of rotatable bonds is 5. The first-order valence-corrected chi connectivity index (χ1v) is 9.09. The van der Waals surface area contributed by atoms with Gasteiger partial charge in [-0.15, -0.1) is 0 Å². The standard InChI is InChI=1S/C22H20N2O6/c1-11-5-6-12(7-15(11)25)19-18(14-10-23-22(26)24-21(14)30-19)13-8-16(27-2)20(29-4)17(9-13)28-3/h5-10,25H,1-4H3,(H,23,24,26). The molecule has 4 rings (SSSR count). The van der Waals surface area contributed by atoms with Crippen molar-refractivity contribution in [1.82, 2.24) is 9.97 Å². The molecule has 2 aromatic carbocycles. The molecule has 2 aromatic heterocycles. The van der Waals surface area contributed by atoms with Crippen LogP contribution in [0.4, 0.5) is 0 Å². The van der Waals surface area contributed by atoms with E-state index < -0.39 is 5.69 Å². The molecular weight excluding hydrogens is 388 g/mol. The Hall–Kier alpha value is -3.94. The van der Waals surface area contributed by atoms with E-state index in [1.54, 1.807) is 31.2 Å². The van der Waals surface area contributed by atoms with Crippen molar-refractivity contribution >= 4 is 11.1 Å². The summed E-state index contributed by atoms with van der Waals surface area (Å²) in [5, 5.41) is 10.8. The van der Waals surface area contributed by atoms with E-state index in [4.69, 9.17) is 18.6 Å². The fourth-order valence-electron chi connectivity index (χ4n) is 3.38. The van der Waals surface area contributed by atoms with Crippen LogP contribution in [0.1, 0.15) is 5.56 Å². The molecule has 2 heterocycles. The number of nitrogens with zero attached hydrogens (tertiary/aromatic N) is 1. The number of aryl methyl sites for hydroxylation is 1. The normalized spacial score (nSPS) is 10.9. The van der Waals surface area contributed by atoms with Crippen molar-refractivity contribution in [2.75, 3.05) is 21.3 Å². The Bertz CT molecular complexity index is 1280. The van der Waals surface area contributed by atoms with Gasteiger partial charge in [0.25, 0.3) is 0 Å². The summed E-state index contributed by atoms with van der Waals surface area (Å²) in [6.45, 7) is 1.80. The number of methoxy groups -OCH3 is 3. The van der Waals surface area contributed by atoms with E-state index in [1.165, 1.54) is 27.5 Å². The van der Waals surface area contributed by atoms with Gasteiger partial charge in [-0.1, -0.05) is 12.1 Å². The molecule has 8 heteroatoms. The van der Waals surface area contributed by atoms with E-state index in [0.29, 0.717) is 45.1 Å². The topological polar surface area (TPSA) is 107 Å². The Morgan fingerprint density at radius 3 is 2.30 bits per heavy atom. The lowest BCUT2D eigenvalue weighted by atomic mass is 9.98. The van der Waals surface area contributed by atoms with Gasteiger partial charge in [0.05, 0.1) is 26.7 Å². The number of hydrogen-bond donors (Lipinski definition) is 2.